The summed E-state index contributed by atoms with van der Waals surface area (Å²) in [6, 6.07) is 10.2. The summed E-state index contributed by atoms with van der Waals surface area (Å²) in [5.74, 6) is 1.12. The van der Waals surface area contributed by atoms with E-state index < -0.39 is 12.1 Å². The third-order valence-electron chi connectivity index (χ3n) is 8.01. The van der Waals surface area contributed by atoms with Crippen molar-refractivity contribution >= 4 is 5.82 Å². The number of rotatable bonds is 8. The molecule has 0 radical (unpaired) electrons. The normalized spacial score (nSPS) is 22.3. The van der Waals surface area contributed by atoms with Gasteiger partial charge < -0.3 is 18.9 Å². The van der Waals surface area contributed by atoms with Gasteiger partial charge in [0.25, 0.3) is 0 Å². The number of benzene rings is 1. The number of aromatic amines is 1. The van der Waals surface area contributed by atoms with E-state index in [1.165, 1.54) is 12.1 Å². The molecule has 41 heavy (non-hydrogen) atoms. The van der Waals surface area contributed by atoms with E-state index in [0.29, 0.717) is 28.4 Å². The van der Waals surface area contributed by atoms with E-state index in [1.807, 2.05) is 12.1 Å². The summed E-state index contributed by atoms with van der Waals surface area (Å²) >= 11 is 0. The van der Waals surface area contributed by atoms with Gasteiger partial charge in [0.2, 0.25) is 0 Å². The molecule has 2 saturated heterocycles. The van der Waals surface area contributed by atoms with Crippen LogP contribution >= 0.6 is 0 Å². The van der Waals surface area contributed by atoms with Crippen LogP contribution in [-0.4, -0.2) is 44.8 Å². The van der Waals surface area contributed by atoms with Gasteiger partial charge in [0.05, 0.1) is 12.7 Å². The molecule has 7 rings (SSSR count). The lowest BCUT2D eigenvalue weighted by atomic mass is 9.99. The number of aromatic nitrogens is 4. The second kappa shape index (κ2) is 10.1. The van der Waals surface area contributed by atoms with Gasteiger partial charge in [0.15, 0.2) is 5.82 Å². The van der Waals surface area contributed by atoms with Crippen LogP contribution in [0.3, 0.4) is 0 Å². The molecule has 1 N–H and O–H groups in total. The lowest BCUT2D eigenvalue weighted by Crippen LogP contribution is -2.46. The number of hydrogen-bond acceptors (Lipinski definition) is 9. The Labute approximate surface area is 231 Å². The lowest BCUT2D eigenvalue weighted by molar-refractivity contribution is -0.274. The van der Waals surface area contributed by atoms with Crippen molar-refractivity contribution in [2.45, 2.75) is 75.6 Å². The Balaban J connectivity index is 1.07. The zero-order chi connectivity index (χ0) is 28.1. The van der Waals surface area contributed by atoms with Gasteiger partial charge in [-0.1, -0.05) is 22.4 Å². The summed E-state index contributed by atoms with van der Waals surface area (Å²) in [5, 5.41) is 7.88. The van der Waals surface area contributed by atoms with Crippen LogP contribution in [0.1, 0.15) is 55.8 Å². The van der Waals surface area contributed by atoms with Gasteiger partial charge in [-0.25, -0.2) is 9.78 Å². The highest BCUT2D eigenvalue weighted by atomic mass is 19.4. The van der Waals surface area contributed by atoms with Crippen molar-refractivity contribution < 1.29 is 31.7 Å². The molecular weight excluding hydrogens is 543 g/mol. The van der Waals surface area contributed by atoms with Crippen LogP contribution in [0.15, 0.2) is 56.4 Å². The van der Waals surface area contributed by atoms with Crippen molar-refractivity contribution in [2.75, 3.05) is 4.90 Å². The number of ether oxygens (including phenoxy) is 2. The minimum Gasteiger partial charge on any atom is -0.405 e. The van der Waals surface area contributed by atoms with E-state index in [1.54, 1.807) is 18.3 Å². The number of fused-ring (bicyclic) bond motifs is 2. The van der Waals surface area contributed by atoms with Gasteiger partial charge in [-0.2, -0.15) is 0 Å². The minimum absolute atomic E-state index is 0.0281. The van der Waals surface area contributed by atoms with Crippen molar-refractivity contribution in [3.8, 4) is 28.4 Å². The molecule has 3 fully saturated rings. The maximum absolute atomic E-state index is 13.1. The Bertz CT molecular complexity index is 1580. The topological polar surface area (TPSA) is 120 Å². The number of alkyl halides is 3. The first-order valence-corrected chi connectivity index (χ1v) is 13.6. The van der Waals surface area contributed by atoms with Gasteiger partial charge in [-0.15, -0.1) is 13.2 Å². The summed E-state index contributed by atoms with van der Waals surface area (Å²) in [6.45, 7) is 0.192. The van der Waals surface area contributed by atoms with Crippen LogP contribution in [-0.2, 0) is 11.3 Å². The van der Waals surface area contributed by atoms with Crippen LogP contribution in [0.4, 0.5) is 19.0 Å². The van der Waals surface area contributed by atoms with E-state index in [2.05, 4.69) is 34.4 Å². The van der Waals surface area contributed by atoms with Gasteiger partial charge >= 0.3 is 12.1 Å². The van der Waals surface area contributed by atoms with E-state index in [-0.39, 0.29) is 42.0 Å². The number of pyridine rings is 1. The number of piperidine rings is 1. The Morgan fingerprint density at radius 1 is 1.00 bits per heavy atom. The Kier molecular flexibility index (Phi) is 6.33. The van der Waals surface area contributed by atoms with Crippen LogP contribution < -0.4 is 15.4 Å². The second-order valence-corrected chi connectivity index (χ2v) is 10.7. The Hall–Kier alpha value is -4.13. The Morgan fingerprint density at radius 2 is 1.78 bits per heavy atom. The predicted molar refractivity (Wildman–Crippen MR) is 138 cm³/mol. The number of halogens is 3. The molecule has 3 atom stereocenters. The SMILES string of the molecule is O=c1[nH]c(-c2ccc(N3[C@@H]4CC[C@H]3C[C@@H](OCc3c(-c5ccccc5OC(F)(F)F)noc3C3CC3)C4)nc2)no1. The van der Waals surface area contributed by atoms with Crippen molar-refractivity contribution in [3.05, 3.63) is 64.5 Å². The quantitative estimate of drug-likeness (QED) is 0.290. The highest BCUT2D eigenvalue weighted by Gasteiger charge is 2.42. The monoisotopic (exact) mass is 569 g/mol. The van der Waals surface area contributed by atoms with Crippen LogP contribution in [0, 0.1) is 0 Å². The molecule has 3 aromatic heterocycles. The number of nitrogens with one attached hydrogen (secondary N) is 1. The molecule has 0 spiro atoms. The van der Waals surface area contributed by atoms with E-state index in [9.17, 15) is 18.0 Å². The van der Waals surface area contributed by atoms with Gasteiger partial charge in [-0.3, -0.25) is 9.51 Å². The largest absolute Gasteiger partial charge is 0.573 e. The Morgan fingerprint density at radius 3 is 2.44 bits per heavy atom. The first-order valence-electron chi connectivity index (χ1n) is 13.6. The van der Waals surface area contributed by atoms with Gasteiger partial charge in [-0.05, 0) is 62.8 Å². The third kappa shape index (κ3) is 5.21. The zero-order valence-corrected chi connectivity index (χ0v) is 21.8. The van der Waals surface area contributed by atoms with Gasteiger partial charge in [0.1, 0.15) is 23.0 Å². The molecule has 4 aromatic rings. The average molecular weight is 570 g/mol. The lowest BCUT2D eigenvalue weighted by Gasteiger charge is -2.39. The zero-order valence-electron chi connectivity index (χ0n) is 21.8. The number of anilines is 1. The number of para-hydroxylation sites is 1. The number of hydrogen-bond donors (Lipinski definition) is 1. The maximum Gasteiger partial charge on any atom is 0.573 e. The van der Waals surface area contributed by atoms with Crippen molar-refractivity contribution in [1.82, 2.24) is 20.3 Å². The summed E-state index contributed by atoms with van der Waals surface area (Å²) in [5.41, 5.74) is 1.88. The molecule has 1 saturated carbocycles. The maximum atomic E-state index is 13.1. The molecule has 2 aliphatic heterocycles. The smallest absolute Gasteiger partial charge is 0.405 e. The summed E-state index contributed by atoms with van der Waals surface area (Å²) in [7, 11) is 0. The van der Waals surface area contributed by atoms with Crippen molar-refractivity contribution in [2.24, 2.45) is 0 Å². The van der Waals surface area contributed by atoms with Crippen LogP contribution in [0.25, 0.3) is 22.6 Å². The predicted octanol–water partition coefficient (Wildman–Crippen LogP) is 5.57. The molecule has 0 amide bonds. The molecule has 0 unspecified atom stereocenters. The van der Waals surface area contributed by atoms with E-state index in [4.69, 9.17) is 9.26 Å². The fourth-order valence-electron chi connectivity index (χ4n) is 6.09. The van der Waals surface area contributed by atoms with Crippen molar-refractivity contribution in [3.63, 3.8) is 0 Å². The standard InChI is InChI=1S/C28H26F3N5O5/c29-28(30,31)39-22-4-2-1-3-20(22)24-21(25(40-34-24)15-5-6-15)14-38-19-11-17-8-9-18(12-19)36(17)23-10-7-16(13-32-23)26-33-27(37)41-35-26/h1-4,7,10,13,15,17-19H,5-6,8-9,11-12,14H2,(H,33,35,37)/t17-,18+,19+. The first-order chi connectivity index (χ1) is 19.8. The molecule has 1 aliphatic carbocycles. The minimum atomic E-state index is -4.83. The van der Waals surface area contributed by atoms with E-state index >= 15 is 0 Å². The molecule has 2 bridgehead atoms. The first kappa shape index (κ1) is 25.8. The molecule has 214 valence electrons. The van der Waals surface area contributed by atoms with Crippen LogP contribution in [0.5, 0.6) is 5.75 Å². The highest BCUT2D eigenvalue weighted by molar-refractivity contribution is 5.70. The van der Waals surface area contributed by atoms with Crippen molar-refractivity contribution in [1.29, 1.82) is 0 Å². The second-order valence-electron chi connectivity index (χ2n) is 10.7. The third-order valence-corrected chi connectivity index (χ3v) is 8.01. The molecule has 10 nitrogen and oxygen atoms in total. The summed E-state index contributed by atoms with van der Waals surface area (Å²) in [4.78, 5) is 20.7. The fraction of sp³-hybridized carbons (Fsp3) is 0.429. The molecule has 5 heterocycles. The average Bonchev–Trinajstić information content (AvgIpc) is 3.46. The summed E-state index contributed by atoms with van der Waals surface area (Å²) < 4.78 is 60.2. The molecule has 1 aromatic carbocycles. The summed E-state index contributed by atoms with van der Waals surface area (Å²) in [6.07, 6.45) is 2.32. The fourth-order valence-corrected chi connectivity index (χ4v) is 6.09. The number of H-pyrrole nitrogens is 1. The number of nitrogens with zero attached hydrogens (tertiary/aromatic N) is 4. The molecular formula is C28H26F3N5O5. The van der Waals surface area contributed by atoms with E-state index in [0.717, 1.165) is 44.3 Å². The molecule has 13 heteroatoms. The molecule has 3 aliphatic rings. The van der Waals surface area contributed by atoms with Gasteiger partial charge in [0, 0.05) is 40.9 Å². The highest BCUT2D eigenvalue weighted by Crippen LogP contribution is 2.46. The van der Waals surface area contributed by atoms with Crippen LogP contribution in [0.2, 0.25) is 0 Å².